The molecule has 0 spiro atoms. The van der Waals surface area contributed by atoms with Crippen LogP contribution in [-0.4, -0.2) is 42.1 Å². The van der Waals surface area contributed by atoms with Crippen molar-refractivity contribution in [1.29, 1.82) is 0 Å². The first-order valence-corrected chi connectivity index (χ1v) is 7.25. The highest BCUT2D eigenvalue weighted by Gasteiger charge is 2.19. The van der Waals surface area contributed by atoms with Gasteiger partial charge in [-0.2, -0.15) is 0 Å². The minimum Gasteiger partial charge on any atom is -0.378 e. The van der Waals surface area contributed by atoms with Gasteiger partial charge in [-0.25, -0.2) is 4.39 Å². The minimum atomic E-state index is -0.306. The highest BCUT2D eigenvalue weighted by molar-refractivity contribution is 5.94. The first-order valence-electron chi connectivity index (χ1n) is 7.25. The van der Waals surface area contributed by atoms with Crippen molar-refractivity contribution in [1.82, 2.24) is 9.88 Å². The highest BCUT2D eigenvalue weighted by atomic mass is 19.1. The molecule has 1 saturated heterocycles. The van der Waals surface area contributed by atoms with Gasteiger partial charge in [0.25, 0.3) is 5.91 Å². The van der Waals surface area contributed by atoms with Gasteiger partial charge in [0, 0.05) is 24.8 Å². The first-order chi connectivity index (χ1) is 10.6. The zero-order valence-electron chi connectivity index (χ0n) is 12.4. The Bertz CT molecular complexity index is 680. The molecule has 3 rings (SSSR count). The monoisotopic (exact) mass is 300 g/mol. The van der Waals surface area contributed by atoms with Crippen LogP contribution >= 0.6 is 0 Å². The number of carbonyl (C=O) groups is 1. The number of hydrogen-bond donors (Lipinski definition) is 0. The van der Waals surface area contributed by atoms with E-state index in [9.17, 15) is 9.18 Å². The van der Waals surface area contributed by atoms with Crippen LogP contribution in [-0.2, 0) is 4.74 Å². The van der Waals surface area contributed by atoms with Gasteiger partial charge in [0.15, 0.2) is 0 Å². The Morgan fingerprint density at radius 3 is 2.64 bits per heavy atom. The van der Waals surface area contributed by atoms with Crippen molar-refractivity contribution in [2.75, 3.05) is 26.3 Å². The van der Waals surface area contributed by atoms with E-state index in [0.717, 1.165) is 5.56 Å². The number of ether oxygens (including phenoxy) is 1. The fourth-order valence-corrected chi connectivity index (χ4v) is 2.46. The first kappa shape index (κ1) is 14.7. The lowest BCUT2D eigenvalue weighted by Crippen LogP contribution is -2.40. The second-order valence-electron chi connectivity index (χ2n) is 5.32. The number of carbonyl (C=O) groups excluding carboxylic acids is 1. The topological polar surface area (TPSA) is 42.4 Å². The SMILES string of the molecule is Cc1ccc(-c2ccc(C(=O)N3CCOCC3)cn2)c(F)c1. The molecular weight excluding hydrogens is 283 g/mol. The van der Waals surface area contributed by atoms with Gasteiger partial charge in [-0.3, -0.25) is 9.78 Å². The van der Waals surface area contributed by atoms with Gasteiger partial charge >= 0.3 is 0 Å². The summed E-state index contributed by atoms with van der Waals surface area (Å²) in [5, 5.41) is 0. The molecule has 22 heavy (non-hydrogen) atoms. The number of rotatable bonds is 2. The van der Waals surface area contributed by atoms with E-state index in [0.29, 0.717) is 43.1 Å². The maximum atomic E-state index is 14.0. The second kappa shape index (κ2) is 6.23. The maximum absolute atomic E-state index is 14.0. The third-order valence-electron chi connectivity index (χ3n) is 3.71. The van der Waals surface area contributed by atoms with Crippen molar-refractivity contribution in [2.45, 2.75) is 6.92 Å². The summed E-state index contributed by atoms with van der Waals surface area (Å²) in [6.45, 7) is 4.14. The Kier molecular flexibility index (Phi) is 4.15. The number of benzene rings is 1. The average Bonchev–Trinajstić information content (AvgIpc) is 2.55. The standard InChI is InChI=1S/C17H17FN2O2/c1-12-2-4-14(15(18)10-12)16-5-3-13(11-19-16)17(21)20-6-8-22-9-7-20/h2-5,10-11H,6-9H2,1H3. The van der Waals surface area contributed by atoms with Crippen LogP contribution in [0.5, 0.6) is 0 Å². The van der Waals surface area contributed by atoms with Gasteiger partial charge in [-0.05, 0) is 36.8 Å². The highest BCUT2D eigenvalue weighted by Crippen LogP contribution is 2.22. The maximum Gasteiger partial charge on any atom is 0.255 e. The van der Waals surface area contributed by atoms with Crippen LogP contribution in [0.15, 0.2) is 36.5 Å². The van der Waals surface area contributed by atoms with E-state index in [-0.39, 0.29) is 11.7 Å². The van der Waals surface area contributed by atoms with Crippen LogP contribution in [0.4, 0.5) is 4.39 Å². The molecule has 0 atom stereocenters. The number of pyridine rings is 1. The molecule has 0 bridgehead atoms. The summed E-state index contributed by atoms with van der Waals surface area (Å²) < 4.78 is 19.2. The molecule has 1 aliphatic rings. The Hall–Kier alpha value is -2.27. The van der Waals surface area contributed by atoms with E-state index in [4.69, 9.17) is 4.74 Å². The molecule has 1 aromatic heterocycles. The fraction of sp³-hybridized carbons (Fsp3) is 0.294. The van der Waals surface area contributed by atoms with Crippen LogP contribution in [0, 0.1) is 12.7 Å². The minimum absolute atomic E-state index is 0.0632. The molecule has 2 aromatic rings. The molecule has 1 aromatic carbocycles. The number of nitrogens with zero attached hydrogens (tertiary/aromatic N) is 2. The van der Waals surface area contributed by atoms with Crippen LogP contribution in [0.25, 0.3) is 11.3 Å². The smallest absolute Gasteiger partial charge is 0.255 e. The van der Waals surface area contributed by atoms with Gasteiger partial charge < -0.3 is 9.64 Å². The molecule has 0 N–H and O–H groups in total. The quantitative estimate of drug-likeness (QED) is 0.856. The predicted molar refractivity (Wildman–Crippen MR) is 81.1 cm³/mol. The predicted octanol–water partition coefficient (Wildman–Crippen LogP) is 2.67. The molecule has 1 fully saturated rings. The molecule has 5 heteroatoms. The summed E-state index contributed by atoms with van der Waals surface area (Å²) in [5.74, 6) is -0.369. The van der Waals surface area contributed by atoms with Gasteiger partial charge in [0.2, 0.25) is 0 Å². The fourth-order valence-electron chi connectivity index (χ4n) is 2.46. The number of amides is 1. The number of hydrogen-bond acceptors (Lipinski definition) is 3. The van der Waals surface area contributed by atoms with E-state index in [1.165, 1.54) is 12.3 Å². The second-order valence-corrected chi connectivity index (χ2v) is 5.32. The summed E-state index contributed by atoms with van der Waals surface area (Å²) in [7, 11) is 0. The average molecular weight is 300 g/mol. The molecule has 0 aliphatic carbocycles. The van der Waals surface area contributed by atoms with Crippen LogP contribution in [0.2, 0.25) is 0 Å². The number of aromatic nitrogens is 1. The van der Waals surface area contributed by atoms with Crippen LogP contribution in [0.3, 0.4) is 0 Å². The molecule has 2 heterocycles. The number of aryl methyl sites for hydroxylation is 1. The van der Waals surface area contributed by atoms with Gasteiger partial charge in [-0.15, -0.1) is 0 Å². The van der Waals surface area contributed by atoms with E-state index < -0.39 is 0 Å². The third kappa shape index (κ3) is 2.99. The van der Waals surface area contributed by atoms with Crippen molar-refractivity contribution in [3.8, 4) is 11.3 Å². The zero-order chi connectivity index (χ0) is 15.5. The Morgan fingerprint density at radius 2 is 2.00 bits per heavy atom. The van der Waals surface area contributed by atoms with E-state index >= 15 is 0 Å². The largest absolute Gasteiger partial charge is 0.378 e. The lowest BCUT2D eigenvalue weighted by atomic mass is 10.1. The zero-order valence-corrected chi connectivity index (χ0v) is 12.4. The molecule has 1 amide bonds. The van der Waals surface area contributed by atoms with Crippen molar-refractivity contribution < 1.29 is 13.9 Å². The molecule has 1 aliphatic heterocycles. The van der Waals surface area contributed by atoms with Crippen molar-refractivity contribution >= 4 is 5.91 Å². The molecule has 114 valence electrons. The number of morpholine rings is 1. The van der Waals surface area contributed by atoms with Crippen molar-refractivity contribution in [3.05, 3.63) is 53.5 Å². The summed E-state index contributed by atoms with van der Waals surface area (Å²) in [6, 6.07) is 8.40. The third-order valence-corrected chi connectivity index (χ3v) is 3.71. The number of halogens is 1. The van der Waals surface area contributed by atoms with Crippen molar-refractivity contribution in [3.63, 3.8) is 0 Å². The Labute approximate surface area is 128 Å². The summed E-state index contributed by atoms with van der Waals surface area (Å²) in [4.78, 5) is 18.3. The van der Waals surface area contributed by atoms with Crippen LogP contribution < -0.4 is 0 Å². The van der Waals surface area contributed by atoms with Gasteiger partial charge in [0.1, 0.15) is 5.82 Å². The lowest BCUT2D eigenvalue weighted by Gasteiger charge is -2.26. The van der Waals surface area contributed by atoms with E-state index in [1.54, 1.807) is 23.1 Å². The normalized spacial score (nSPS) is 14.9. The van der Waals surface area contributed by atoms with E-state index in [2.05, 4.69) is 4.98 Å². The van der Waals surface area contributed by atoms with E-state index in [1.807, 2.05) is 13.0 Å². The lowest BCUT2D eigenvalue weighted by molar-refractivity contribution is 0.0302. The molecule has 0 unspecified atom stereocenters. The summed E-state index contributed by atoms with van der Waals surface area (Å²) in [5.41, 5.74) is 2.34. The molecule has 0 saturated carbocycles. The van der Waals surface area contributed by atoms with Gasteiger partial charge in [-0.1, -0.05) is 6.07 Å². The van der Waals surface area contributed by atoms with Crippen molar-refractivity contribution in [2.24, 2.45) is 0 Å². The van der Waals surface area contributed by atoms with Gasteiger partial charge in [0.05, 0.1) is 24.5 Å². The summed E-state index contributed by atoms with van der Waals surface area (Å²) >= 11 is 0. The Balaban J connectivity index is 1.81. The van der Waals surface area contributed by atoms with Crippen LogP contribution in [0.1, 0.15) is 15.9 Å². The molecular formula is C17H17FN2O2. The molecule has 4 nitrogen and oxygen atoms in total. The Morgan fingerprint density at radius 1 is 1.23 bits per heavy atom. The molecule has 0 radical (unpaired) electrons. The summed E-state index contributed by atoms with van der Waals surface area (Å²) in [6.07, 6.45) is 1.51.